The SMILES string of the molecule is COc1ccc(C(NC(=O)c2nc(C)n(-c3ccccc3Cl)n2)c2nccn2C)cc1. The molecule has 1 atom stereocenters. The van der Waals surface area contributed by atoms with Crippen LogP contribution in [-0.4, -0.2) is 37.3 Å². The number of hydrogen-bond donors (Lipinski definition) is 1. The zero-order valence-electron chi connectivity index (χ0n) is 17.3. The number of imidazole rings is 1. The Bertz CT molecular complexity index is 1210. The molecule has 0 saturated heterocycles. The molecule has 4 rings (SSSR count). The molecule has 2 heterocycles. The van der Waals surface area contributed by atoms with Gasteiger partial charge in [-0.2, -0.15) is 0 Å². The van der Waals surface area contributed by atoms with Crippen LogP contribution in [-0.2, 0) is 7.05 Å². The summed E-state index contributed by atoms with van der Waals surface area (Å²) in [4.78, 5) is 21.9. The Kier molecular flexibility index (Phi) is 5.73. The zero-order chi connectivity index (χ0) is 22.0. The summed E-state index contributed by atoms with van der Waals surface area (Å²) >= 11 is 6.28. The topological polar surface area (TPSA) is 86.9 Å². The molecule has 0 aliphatic rings. The van der Waals surface area contributed by atoms with Gasteiger partial charge in [-0.1, -0.05) is 35.9 Å². The van der Waals surface area contributed by atoms with Gasteiger partial charge < -0.3 is 14.6 Å². The number of hydrogen-bond acceptors (Lipinski definition) is 5. The number of ether oxygens (including phenoxy) is 1. The van der Waals surface area contributed by atoms with Gasteiger partial charge in [0.15, 0.2) is 0 Å². The van der Waals surface area contributed by atoms with Crippen LogP contribution in [0.25, 0.3) is 5.69 Å². The van der Waals surface area contributed by atoms with Crippen LogP contribution in [0.15, 0.2) is 60.9 Å². The molecule has 2 aromatic carbocycles. The molecule has 2 aromatic heterocycles. The van der Waals surface area contributed by atoms with Gasteiger partial charge in [0.2, 0.25) is 5.82 Å². The van der Waals surface area contributed by atoms with E-state index in [9.17, 15) is 4.79 Å². The summed E-state index contributed by atoms with van der Waals surface area (Å²) < 4.78 is 8.65. The fourth-order valence-electron chi connectivity index (χ4n) is 3.28. The maximum absolute atomic E-state index is 13.1. The van der Waals surface area contributed by atoms with E-state index in [0.29, 0.717) is 22.4 Å². The van der Waals surface area contributed by atoms with Gasteiger partial charge in [0.05, 0.1) is 17.8 Å². The molecule has 31 heavy (non-hydrogen) atoms. The highest BCUT2D eigenvalue weighted by molar-refractivity contribution is 6.32. The lowest BCUT2D eigenvalue weighted by molar-refractivity contribution is 0.0930. The highest BCUT2D eigenvalue weighted by atomic mass is 35.5. The number of amides is 1. The largest absolute Gasteiger partial charge is 0.497 e. The van der Waals surface area contributed by atoms with Crippen LogP contribution in [0.2, 0.25) is 5.02 Å². The minimum Gasteiger partial charge on any atom is -0.497 e. The Morgan fingerprint density at radius 2 is 1.90 bits per heavy atom. The van der Waals surface area contributed by atoms with E-state index in [1.807, 2.05) is 60.3 Å². The fourth-order valence-corrected chi connectivity index (χ4v) is 3.50. The number of benzene rings is 2. The molecule has 1 N–H and O–H groups in total. The van der Waals surface area contributed by atoms with Crippen molar-refractivity contribution in [2.45, 2.75) is 13.0 Å². The van der Waals surface area contributed by atoms with Crippen LogP contribution >= 0.6 is 11.6 Å². The first-order valence-corrected chi connectivity index (χ1v) is 9.96. The molecule has 1 unspecified atom stereocenters. The van der Waals surface area contributed by atoms with Gasteiger partial charge >= 0.3 is 0 Å². The van der Waals surface area contributed by atoms with Gasteiger partial charge in [-0.15, -0.1) is 5.10 Å². The van der Waals surface area contributed by atoms with Crippen molar-refractivity contribution in [1.82, 2.24) is 29.6 Å². The molecule has 8 nitrogen and oxygen atoms in total. The second-order valence-corrected chi connectivity index (χ2v) is 7.33. The minimum atomic E-state index is -0.494. The Hall–Kier alpha value is -3.65. The summed E-state index contributed by atoms with van der Waals surface area (Å²) in [5.41, 5.74) is 1.51. The highest BCUT2D eigenvalue weighted by Crippen LogP contribution is 2.24. The average molecular weight is 437 g/mol. The number of rotatable bonds is 6. The second-order valence-electron chi connectivity index (χ2n) is 6.92. The van der Waals surface area contributed by atoms with Crippen LogP contribution in [0, 0.1) is 6.92 Å². The van der Waals surface area contributed by atoms with Crippen molar-refractivity contribution >= 4 is 17.5 Å². The number of aryl methyl sites for hydroxylation is 2. The molecular weight excluding hydrogens is 416 g/mol. The predicted molar refractivity (Wildman–Crippen MR) is 117 cm³/mol. The summed E-state index contributed by atoms with van der Waals surface area (Å²) in [5, 5.41) is 7.90. The Morgan fingerprint density at radius 1 is 1.16 bits per heavy atom. The van der Waals surface area contributed by atoms with Gasteiger partial charge in [-0.25, -0.2) is 14.6 Å². The highest BCUT2D eigenvalue weighted by Gasteiger charge is 2.24. The Labute approximate surface area is 184 Å². The summed E-state index contributed by atoms with van der Waals surface area (Å²) in [5.74, 6) is 1.59. The van der Waals surface area contributed by atoms with Gasteiger partial charge in [-0.3, -0.25) is 4.79 Å². The number of carbonyl (C=O) groups is 1. The first kappa shape index (κ1) is 20.6. The summed E-state index contributed by atoms with van der Waals surface area (Å²) in [7, 11) is 3.48. The minimum absolute atomic E-state index is 0.0464. The lowest BCUT2D eigenvalue weighted by Crippen LogP contribution is -2.32. The van der Waals surface area contributed by atoms with Gasteiger partial charge in [0.25, 0.3) is 5.91 Å². The summed E-state index contributed by atoms with van der Waals surface area (Å²) in [6.45, 7) is 1.77. The number of carbonyl (C=O) groups excluding carboxylic acids is 1. The Balaban J connectivity index is 1.66. The van der Waals surface area contributed by atoms with E-state index < -0.39 is 11.9 Å². The van der Waals surface area contributed by atoms with Gasteiger partial charge in [-0.05, 0) is 36.8 Å². The number of methoxy groups -OCH3 is 1. The zero-order valence-corrected chi connectivity index (χ0v) is 18.0. The number of nitrogens with one attached hydrogen (secondary N) is 1. The molecule has 0 spiro atoms. The lowest BCUT2D eigenvalue weighted by Gasteiger charge is -2.18. The van der Waals surface area contributed by atoms with E-state index >= 15 is 0 Å². The molecule has 0 aliphatic carbocycles. The third kappa shape index (κ3) is 4.15. The smallest absolute Gasteiger partial charge is 0.291 e. The molecule has 9 heteroatoms. The van der Waals surface area contributed by atoms with E-state index in [-0.39, 0.29) is 5.82 Å². The van der Waals surface area contributed by atoms with E-state index in [2.05, 4.69) is 20.4 Å². The maximum Gasteiger partial charge on any atom is 0.291 e. The quantitative estimate of drug-likeness (QED) is 0.500. The Morgan fingerprint density at radius 3 is 2.55 bits per heavy atom. The van der Waals surface area contributed by atoms with Crippen molar-refractivity contribution in [1.29, 1.82) is 0 Å². The fraction of sp³-hybridized carbons (Fsp3) is 0.182. The van der Waals surface area contributed by atoms with Crippen LogP contribution in [0.3, 0.4) is 0 Å². The van der Waals surface area contributed by atoms with Gasteiger partial charge in [0, 0.05) is 19.4 Å². The third-order valence-electron chi connectivity index (χ3n) is 4.89. The molecule has 0 aliphatic heterocycles. The van der Waals surface area contributed by atoms with Crippen LogP contribution in [0.4, 0.5) is 0 Å². The summed E-state index contributed by atoms with van der Waals surface area (Å²) in [6, 6.07) is 14.2. The molecule has 4 aromatic rings. The van der Waals surface area contributed by atoms with Crippen molar-refractivity contribution in [3.8, 4) is 11.4 Å². The predicted octanol–water partition coefficient (Wildman–Crippen LogP) is 3.49. The number of halogens is 1. The second kappa shape index (κ2) is 8.61. The third-order valence-corrected chi connectivity index (χ3v) is 5.21. The van der Waals surface area contributed by atoms with Crippen molar-refractivity contribution in [2.24, 2.45) is 7.05 Å². The number of nitrogens with zero attached hydrogens (tertiary/aromatic N) is 5. The van der Waals surface area contributed by atoms with Crippen molar-refractivity contribution in [3.63, 3.8) is 0 Å². The summed E-state index contributed by atoms with van der Waals surface area (Å²) in [6.07, 6.45) is 3.51. The molecule has 0 bridgehead atoms. The molecule has 0 radical (unpaired) electrons. The molecule has 0 saturated carbocycles. The molecule has 158 valence electrons. The first-order chi connectivity index (χ1) is 15.0. The average Bonchev–Trinajstić information content (AvgIpc) is 3.38. The number of aromatic nitrogens is 5. The molecule has 0 fully saturated rings. The van der Waals surface area contributed by atoms with E-state index in [4.69, 9.17) is 16.3 Å². The monoisotopic (exact) mass is 436 g/mol. The normalized spacial score (nSPS) is 11.9. The van der Waals surface area contributed by atoms with E-state index in [1.54, 1.807) is 31.0 Å². The lowest BCUT2D eigenvalue weighted by atomic mass is 10.1. The van der Waals surface area contributed by atoms with Crippen molar-refractivity contribution in [2.75, 3.05) is 7.11 Å². The van der Waals surface area contributed by atoms with Crippen LogP contribution in [0.5, 0.6) is 5.75 Å². The van der Waals surface area contributed by atoms with Gasteiger partial charge in [0.1, 0.15) is 23.4 Å². The first-order valence-electron chi connectivity index (χ1n) is 9.58. The van der Waals surface area contributed by atoms with E-state index in [1.165, 1.54) is 0 Å². The maximum atomic E-state index is 13.1. The van der Waals surface area contributed by atoms with Crippen molar-refractivity contribution in [3.05, 3.63) is 89.0 Å². The standard InChI is InChI=1S/C22H21ClN6O2/c1-14-25-20(27-29(14)18-7-5-4-6-17(18)23)22(30)26-19(21-24-12-13-28(21)2)15-8-10-16(31-3)11-9-15/h4-13,19H,1-3H3,(H,26,30). The van der Waals surface area contributed by atoms with Crippen LogP contribution < -0.4 is 10.1 Å². The van der Waals surface area contributed by atoms with Crippen LogP contribution in [0.1, 0.15) is 33.9 Å². The van der Waals surface area contributed by atoms with E-state index in [0.717, 1.165) is 11.3 Å². The molecule has 1 amide bonds. The number of para-hydroxylation sites is 1. The molecular formula is C22H21ClN6O2. The van der Waals surface area contributed by atoms with Crippen molar-refractivity contribution < 1.29 is 9.53 Å².